The molecule has 0 bridgehead atoms. The maximum atomic E-state index is 12.1. The smallest absolute Gasteiger partial charge is 0.259 e. The Hall–Kier alpha value is -2.50. The molecule has 0 unspecified atom stereocenters. The Labute approximate surface area is 111 Å². The zero-order chi connectivity index (χ0) is 13.8. The van der Waals surface area contributed by atoms with E-state index >= 15 is 0 Å². The average Bonchev–Trinajstić information content (AvgIpc) is 2.86. The Morgan fingerprint density at radius 1 is 1.53 bits per heavy atom. The van der Waals surface area contributed by atoms with Crippen molar-refractivity contribution in [2.75, 3.05) is 18.2 Å². The van der Waals surface area contributed by atoms with E-state index in [9.17, 15) is 4.79 Å². The minimum absolute atomic E-state index is 0.257. The van der Waals surface area contributed by atoms with E-state index in [0.29, 0.717) is 22.7 Å². The number of carbonyl (C=O) groups is 1. The van der Waals surface area contributed by atoms with Crippen LogP contribution in [0.2, 0.25) is 0 Å². The molecule has 100 valence electrons. The number of carbonyl (C=O) groups excluding carboxylic acids is 1. The molecule has 19 heavy (non-hydrogen) atoms. The van der Waals surface area contributed by atoms with Crippen molar-refractivity contribution in [3.63, 3.8) is 0 Å². The number of anilines is 2. The third-order valence-electron chi connectivity index (χ3n) is 2.69. The Morgan fingerprint density at radius 2 is 2.32 bits per heavy atom. The zero-order valence-corrected chi connectivity index (χ0v) is 10.9. The SMILES string of the molecule is CCn1cc(NC(=O)c2ccc(N)cc2OC)cn1. The number of amides is 1. The molecular weight excluding hydrogens is 244 g/mol. The van der Waals surface area contributed by atoms with Gasteiger partial charge in [0, 0.05) is 24.5 Å². The van der Waals surface area contributed by atoms with E-state index in [-0.39, 0.29) is 5.91 Å². The minimum atomic E-state index is -0.257. The van der Waals surface area contributed by atoms with Gasteiger partial charge >= 0.3 is 0 Å². The summed E-state index contributed by atoms with van der Waals surface area (Å²) in [5.41, 5.74) is 7.28. The number of nitrogens with one attached hydrogen (secondary N) is 1. The van der Waals surface area contributed by atoms with Crippen LogP contribution >= 0.6 is 0 Å². The fourth-order valence-electron chi connectivity index (χ4n) is 1.69. The van der Waals surface area contributed by atoms with Crippen LogP contribution in [0.15, 0.2) is 30.6 Å². The van der Waals surface area contributed by atoms with E-state index in [1.54, 1.807) is 35.3 Å². The van der Waals surface area contributed by atoms with Crippen LogP contribution in [-0.2, 0) is 6.54 Å². The number of rotatable bonds is 4. The van der Waals surface area contributed by atoms with Crippen LogP contribution in [0.1, 0.15) is 17.3 Å². The second-order valence-corrected chi connectivity index (χ2v) is 4.00. The Morgan fingerprint density at radius 3 is 2.95 bits per heavy atom. The molecule has 2 rings (SSSR count). The van der Waals surface area contributed by atoms with E-state index < -0.39 is 0 Å². The number of benzene rings is 1. The van der Waals surface area contributed by atoms with Gasteiger partial charge in [-0.1, -0.05) is 0 Å². The topological polar surface area (TPSA) is 82.2 Å². The van der Waals surface area contributed by atoms with Gasteiger partial charge in [0.05, 0.1) is 24.6 Å². The first kappa shape index (κ1) is 12.9. The summed E-state index contributed by atoms with van der Waals surface area (Å²) in [6.07, 6.45) is 3.37. The van der Waals surface area contributed by atoms with Crippen LogP contribution in [-0.4, -0.2) is 22.8 Å². The maximum absolute atomic E-state index is 12.1. The van der Waals surface area contributed by atoms with Crippen molar-refractivity contribution in [3.8, 4) is 5.75 Å². The van der Waals surface area contributed by atoms with Crippen molar-refractivity contribution in [1.82, 2.24) is 9.78 Å². The highest BCUT2D eigenvalue weighted by atomic mass is 16.5. The molecule has 6 nitrogen and oxygen atoms in total. The second-order valence-electron chi connectivity index (χ2n) is 4.00. The summed E-state index contributed by atoms with van der Waals surface area (Å²) in [4.78, 5) is 12.1. The van der Waals surface area contributed by atoms with Gasteiger partial charge < -0.3 is 15.8 Å². The van der Waals surface area contributed by atoms with Crippen molar-refractivity contribution in [1.29, 1.82) is 0 Å². The van der Waals surface area contributed by atoms with Crippen LogP contribution in [0.5, 0.6) is 5.75 Å². The predicted molar refractivity (Wildman–Crippen MR) is 73.3 cm³/mol. The van der Waals surface area contributed by atoms with Crippen molar-refractivity contribution >= 4 is 17.3 Å². The van der Waals surface area contributed by atoms with Crippen LogP contribution in [0, 0.1) is 0 Å². The van der Waals surface area contributed by atoms with Crippen molar-refractivity contribution in [2.24, 2.45) is 0 Å². The number of aromatic nitrogens is 2. The molecule has 1 amide bonds. The van der Waals surface area contributed by atoms with Crippen LogP contribution in [0.3, 0.4) is 0 Å². The quantitative estimate of drug-likeness (QED) is 0.820. The normalized spacial score (nSPS) is 10.2. The Kier molecular flexibility index (Phi) is 3.70. The third kappa shape index (κ3) is 2.85. The van der Waals surface area contributed by atoms with Crippen molar-refractivity contribution < 1.29 is 9.53 Å². The van der Waals surface area contributed by atoms with Gasteiger partial charge in [0.15, 0.2) is 0 Å². The number of hydrogen-bond acceptors (Lipinski definition) is 4. The fourth-order valence-corrected chi connectivity index (χ4v) is 1.69. The molecule has 0 aliphatic carbocycles. The lowest BCUT2D eigenvalue weighted by molar-refractivity contribution is 0.102. The lowest BCUT2D eigenvalue weighted by Gasteiger charge is -2.08. The van der Waals surface area contributed by atoms with E-state index in [1.165, 1.54) is 7.11 Å². The Bertz CT molecular complexity index is 592. The van der Waals surface area contributed by atoms with Gasteiger partial charge in [-0.2, -0.15) is 5.10 Å². The first-order valence-corrected chi connectivity index (χ1v) is 5.91. The van der Waals surface area contributed by atoms with E-state index in [4.69, 9.17) is 10.5 Å². The van der Waals surface area contributed by atoms with E-state index in [0.717, 1.165) is 6.54 Å². The summed E-state index contributed by atoms with van der Waals surface area (Å²) in [5.74, 6) is 0.188. The predicted octanol–water partition coefficient (Wildman–Crippen LogP) is 1.75. The molecule has 6 heteroatoms. The summed E-state index contributed by atoms with van der Waals surface area (Å²) in [5, 5.41) is 6.85. The summed E-state index contributed by atoms with van der Waals surface area (Å²) in [6, 6.07) is 4.91. The molecule has 0 fully saturated rings. The number of methoxy groups -OCH3 is 1. The highest BCUT2D eigenvalue weighted by Crippen LogP contribution is 2.22. The summed E-state index contributed by atoms with van der Waals surface area (Å²) in [7, 11) is 1.50. The number of nitrogens with two attached hydrogens (primary N) is 1. The molecule has 0 radical (unpaired) electrons. The fraction of sp³-hybridized carbons (Fsp3) is 0.231. The van der Waals surface area contributed by atoms with Crippen LogP contribution < -0.4 is 15.8 Å². The van der Waals surface area contributed by atoms with Gasteiger partial charge in [-0.3, -0.25) is 9.48 Å². The maximum Gasteiger partial charge on any atom is 0.259 e. The van der Waals surface area contributed by atoms with Gasteiger partial charge in [0.2, 0.25) is 0 Å². The lowest BCUT2D eigenvalue weighted by atomic mass is 10.1. The first-order chi connectivity index (χ1) is 9.13. The van der Waals surface area contributed by atoms with Crippen LogP contribution in [0.4, 0.5) is 11.4 Å². The van der Waals surface area contributed by atoms with Gasteiger partial charge in [-0.25, -0.2) is 0 Å². The summed E-state index contributed by atoms with van der Waals surface area (Å²) in [6.45, 7) is 2.72. The van der Waals surface area contributed by atoms with Crippen LogP contribution in [0.25, 0.3) is 0 Å². The number of aryl methyl sites for hydroxylation is 1. The average molecular weight is 260 g/mol. The molecule has 2 aromatic rings. The monoisotopic (exact) mass is 260 g/mol. The van der Waals surface area contributed by atoms with Gasteiger partial charge in [0.1, 0.15) is 5.75 Å². The molecule has 0 saturated heterocycles. The first-order valence-electron chi connectivity index (χ1n) is 5.91. The number of nitrogen functional groups attached to an aromatic ring is 1. The minimum Gasteiger partial charge on any atom is -0.496 e. The highest BCUT2D eigenvalue weighted by Gasteiger charge is 2.13. The largest absolute Gasteiger partial charge is 0.496 e. The molecule has 0 atom stereocenters. The van der Waals surface area contributed by atoms with E-state index in [1.807, 2.05) is 6.92 Å². The van der Waals surface area contributed by atoms with E-state index in [2.05, 4.69) is 10.4 Å². The van der Waals surface area contributed by atoms with Gasteiger partial charge in [-0.15, -0.1) is 0 Å². The summed E-state index contributed by atoms with van der Waals surface area (Å²) >= 11 is 0. The number of nitrogens with zero attached hydrogens (tertiary/aromatic N) is 2. The molecular formula is C13H16N4O2. The Balaban J connectivity index is 2.20. The third-order valence-corrected chi connectivity index (χ3v) is 2.69. The number of hydrogen-bond donors (Lipinski definition) is 2. The molecule has 0 aliphatic rings. The standard InChI is InChI=1S/C13H16N4O2/c1-3-17-8-10(7-15-17)16-13(18)11-5-4-9(14)6-12(11)19-2/h4-8H,3,14H2,1-2H3,(H,16,18). The highest BCUT2D eigenvalue weighted by molar-refractivity contribution is 6.06. The molecule has 3 N–H and O–H groups in total. The summed E-state index contributed by atoms with van der Waals surface area (Å²) < 4.78 is 6.88. The molecule has 0 spiro atoms. The van der Waals surface area contributed by atoms with Gasteiger partial charge in [0.25, 0.3) is 5.91 Å². The molecule has 1 heterocycles. The lowest BCUT2D eigenvalue weighted by Crippen LogP contribution is -2.13. The molecule has 0 aliphatic heterocycles. The molecule has 0 saturated carbocycles. The van der Waals surface area contributed by atoms with Crippen molar-refractivity contribution in [3.05, 3.63) is 36.2 Å². The zero-order valence-electron chi connectivity index (χ0n) is 10.9. The second kappa shape index (κ2) is 5.43. The molecule has 1 aromatic carbocycles. The number of ether oxygens (including phenoxy) is 1. The van der Waals surface area contributed by atoms with Gasteiger partial charge in [-0.05, 0) is 19.1 Å². The molecule has 1 aromatic heterocycles. The van der Waals surface area contributed by atoms with Crippen molar-refractivity contribution in [2.45, 2.75) is 13.5 Å².